The number of amides is 1. The van der Waals surface area contributed by atoms with Crippen LogP contribution in [0.4, 0.5) is 5.69 Å². The van der Waals surface area contributed by atoms with Crippen LogP contribution in [0.15, 0.2) is 59.7 Å². The number of aromatic amines is 1. The van der Waals surface area contributed by atoms with Crippen molar-refractivity contribution in [3.05, 3.63) is 70.1 Å². The van der Waals surface area contributed by atoms with Gasteiger partial charge in [0.05, 0.1) is 24.1 Å². The number of H-pyrrole nitrogens is 1. The number of nitrogens with one attached hydrogen (secondary N) is 1. The van der Waals surface area contributed by atoms with Gasteiger partial charge in [-0.2, -0.15) is 0 Å². The molecule has 1 amide bonds. The topological polar surface area (TPSA) is 141 Å². The molecule has 0 saturated carbocycles. The number of hydrogen-bond acceptors (Lipinski definition) is 8. The van der Waals surface area contributed by atoms with Crippen molar-refractivity contribution in [1.82, 2.24) is 9.97 Å². The molecule has 10 heteroatoms. The first-order valence-corrected chi connectivity index (χ1v) is 11.1. The number of hydrogen-bond donors (Lipinski definition) is 3. The number of esters is 1. The Morgan fingerprint density at radius 2 is 1.69 bits per heavy atom. The molecule has 2 aromatic carbocycles. The highest BCUT2D eigenvalue weighted by Gasteiger charge is 2.16. The van der Waals surface area contributed by atoms with E-state index in [4.69, 9.17) is 15.3 Å². The summed E-state index contributed by atoms with van der Waals surface area (Å²) in [5.74, 6) is -0.337. The van der Waals surface area contributed by atoms with Crippen molar-refractivity contribution in [2.24, 2.45) is 5.73 Å². The minimum Gasteiger partial charge on any atom is -0.462 e. The number of nitrogens with two attached hydrogens (primary N) is 2. The molecule has 0 aliphatic carbocycles. The van der Waals surface area contributed by atoms with Crippen LogP contribution in [-0.4, -0.2) is 29.0 Å². The van der Waals surface area contributed by atoms with Crippen LogP contribution in [0.25, 0.3) is 30.4 Å². The van der Waals surface area contributed by atoms with E-state index in [1.807, 2.05) is 48.5 Å². The number of thiophene rings is 2. The summed E-state index contributed by atoms with van der Waals surface area (Å²) in [7, 11) is 0. The number of primary amides is 1. The van der Waals surface area contributed by atoms with Crippen LogP contribution in [0.2, 0.25) is 0 Å². The zero-order valence-electron chi connectivity index (χ0n) is 17.0. The number of carbonyl (C=O) groups excluding carboxylic acids is 2. The van der Waals surface area contributed by atoms with Gasteiger partial charge in [-0.25, -0.2) is 9.78 Å². The van der Waals surface area contributed by atoms with Crippen molar-refractivity contribution in [3.8, 4) is 0 Å². The monoisotopic (exact) mass is 468 g/mol. The predicted molar refractivity (Wildman–Crippen MR) is 130 cm³/mol. The molecule has 0 bridgehead atoms. The smallest absolute Gasteiger partial charge is 0.350 e. The van der Waals surface area contributed by atoms with Gasteiger partial charge in [-0.3, -0.25) is 9.59 Å². The van der Waals surface area contributed by atoms with E-state index in [0.29, 0.717) is 21.9 Å². The summed E-state index contributed by atoms with van der Waals surface area (Å²) in [5.41, 5.74) is 11.3. The number of ether oxygens (including phenoxy) is 1. The number of carbonyl (C=O) groups is 2. The molecule has 3 heterocycles. The van der Waals surface area contributed by atoms with Crippen molar-refractivity contribution in [2.45, 2.75) is 6.92 Å². The highest BCUT2D eigenvalue weighted by Crippen LogP contribution is 2.33. The van der Waals surface area contributed by atoms with E-state index in [1.54, 1.807) is 6.92 Å². The molecule has 32 heavy (non-hydrogen) atoms. The minimum absolute atomic E-state index is 0.0591. The molecule has 0 radical (unpaired) electrons. The number of rotatable bonds is 2. The summed E-state index contributed by atoms with van der Waals surface area (Å²) in [4.78, 5) is 38.9. The molecule has 0 aliphatic rings. The van der Waals surface area contributed by atoms with Gasteiger partial charge in [0.2, 0.25) is 6.41 Å². The number of nitrogens with zero attached hydrogens (tertiary/aromatic N) is 1. The van der Waals surface area contributed by atoms with E-state index >= 15 is 0 Å². The Balaban J connectivity index is 0.000000161. The van der Waals surface area contributed by atoms with Crippen molar-refractivity contribution in [2.75, 3.05) is 12.3 Å². The molecular formula is C22H20N4O4S2. The summed E-state index contributed by atoms with van der Waals surface area (Å²) >= 11 is 2.85. The fourth-order valence-electron chi connectivity index (χ4n) is 2.95. The number of fused-ring (bicyclic) bond motifs is 4. The summed E-state index contributed by atoms with van der Waals surface area (Å²) < 4.78 is 7.75. The van der Waals surface area contributed by atoms with E-state index in [2.05, 4.69) is 15.7 Å². The number of anilines is 1. The maximum absolute atomic E-state index is 11.5. The zero-order valence-corrected chi connectivity index (χ0v) is 18.7. The first kappa shape index (κ1) is 22.9. The maximum Gasteiger partial charge on any atom is 0.350 e. The van der Waals surface area contributed by atoms with Gasteiger partial charge >= 0.3 is 5.97 Å². The van der Waals surface area contributed by atoms with Crippen LogP contribution in [-0.2, 0) is 9.53 Å². The van der Waals surface area contributed by atoms with E-state index in [1.165, 1.54) is 29.0 Å². The molecular weight excluding hydrogens is 448 g/mol. The fraction of sp³-hybridized carbons (Fsp3) is 0.0909. The number of nitrogen functional groups attached to an aromatic ring is 1. The SMILES string of the molecule is CCOC(=O)c1sc2ccccc2c1N.NC=O.O=c1[nH]cnc2c1sc1ccccc12. The first-order chi connectivity index (χ1) is 15.5. The standard InChI is InChI=1S/C11H11NO2S.C10H6N2OS.CH3NO/c1-2-14-11(13)10-9(12)7-5-3-4-6-8(7)15-10;13-10-9-8(11-5-12-10)6-3-1-2-4-7(6)14-9;2-1-3/h3-6H,2,12H2,1H3;1-5H,(H,11,12,13);1H,(H2,2,3). The van der Waals surface area contributed by atoms with Gasteiger partial charge in [-0.15, -0.1) is 22.7 Å². The lowest BCUT2D eigenvalue weighted by atomic mass is 10.2. The number of aromatic nitrogens is 2. The van der Waals surface area contributed by atoms with Gasteiger partial charge in [-0.05, 0) is 19.1 Å². The zero-order chi connectivity index (χ0) is 23.1. The third kappa shape index (κ3) is 4.76. The Bertz CT molecular complexity index is 1440. The van der Waals surface area contributed by atoms with Crippen LogP contribution >= 0.6 is 22.7 Å². The Kier molecular flexibility index (Phi) is 7.53. The van der Waals surface area contributed by atoms with Crippen LogP contribution < -0.4 is 17.0 Å². The van der Waals surface area contributed by atoms with Crippen LogP contribution in [0.1, 0.15) is 16.6 Å². The van der Waals surface area contributed by atoms with Crippen LogP contribution in [0.5, 0.6) is 0 Å². The summed E-state index contributed by atoms with van der Waals surface area (Å²) in [6, 6.07) is 15.6. The summed E-state index contributed by atoms with van der Waals surface area (Å²) in [6.07, 6.45) is 1.70. The molecule has 8 nitrogen and oxygen atoms in total. The van der Waals surface area contributed by atoms with Gasteiger partial charge in [0, 0.05) is 20.2 Å². The molecule has 0 unspecified atom stereocenters. The molecule has 0 saturated heterocycles. The molecule has 0 aliphatic heterocycles. The highest BCUT2D eigenvalue weighted by atomic mass is 32.1. The third-order valence-corrected chi connectivity index (χ3v) is 6.58. The quantitative estimate of drug-likeness (QED) is 0.265. The van der Waals surface area contributed by atoms with Gasteiger partial charge in [0.1, 0.15) is 9.58 Å². The Morgan fingerprint density at radius 1 is 1.09 bits per heavy atom. The van der Waals surface area contributed by atoms with Crippen LogP contribution in [0.3, 0.4) is 0 Å². The van der Waals surface area contributed by atoms with Gasteiger partial charge < -0.3 is 21.2 Å². The van der Waals surface area contributed by atoms with Crippen molar-refractivity contribution in [1.29, 1.82) is 0 Å². The Hall–Kier alpha value is -3.76. The lowest BCUT2D eigenvalue weighted by Crippen LogP contribution is -2.04. The van der Waals surface area contributed by atoms with Crippen molar-refractivity contribution < 1.29 is 14.3 Å². The third-order valence-electron chi connectivity index (χ3n) is 4.26. The highest BCUT2D eigenvalue weighted by molar-refractivity contribution is 7.25. The lowest BCUT2D eigenvalue weighted by molar-refractivity contribution is -0.106. The van der Waals surface area contributed by atoms with Crippen molar-refractivity contribution in [3.63, 3.8) is 0 Å². The van der Waals surface area contributed by atoms with Gasteiger partial charge in [-0.1, -0.05) is 36.4 Å². The maximum atomic E-state index is 11.5. The Labute approximate surface area is 190 Å². The second kappa shape index (κ2) is 10.5. The normalized spacial score (nSPS) is 10.2. The molecule has 5 rings (SSSR count). The molecule has 0 spiro atoms. The van der Waals surface area contributed by atoms with E-state index in [-0.39, 0.29) is 17.9 Å². The average molecular weight is 469 g/mol. The first-order valence-electron chi connectivity index (χ1n) is 9.46. The molecule has 0 fully saturated rings. The average Bonchev–Trinajstić information content (AvgIpc) is 3.34. The number of benzene rings is 2. The van der Waals surface area contributed by atoms with Gasteiger partial charge in [0.25, 0.3) is 5.56 Å². The van der Waals surface area contributed by atoms with Crippen LogP contribution in [0, 0.1) is 0 Å². The largest absolute Gasteiger partial charge is 0.462 e. The predicted octanol–water partition coefficient (Wildman–Crippen LogP) is 3.90. The second-order valence-corrected chi connectivity index (χ2v) is 8.31. The Morgan fingerprint density at radius 3 is 2.31 bits per heavy atom. The molecule has 3 aromatic heterocycles. The molecule has 5 aromatic rings. The summed E-state index contributed by atoms with van der Waals surface area (Å²) in [6.45, 7) is 2.15. The lowest BCUT2D eigenvalue weighted by Gasteiger charge is -1.98. The van der Waals surface area contributed by atoms with Gasteiger partial charge in [0.15, 0.2) is 0 Å². The van der Waals surface area contributed by atoms with E-state index in [0.717, 1.165) is 25.7 Å². The summed E-state index contributed by atoms with van der Waals surface area (Å²) in [5, 5.41) is 1.98. The molecule has 5 N–H and O–H groups in total. The molecule has 0 atom stereocenters. The molecule has 164 valence electrons. The van der Waals surface area contributed by atoms with Crippen molar-refractivity contribution >= 4 is 71.1 Å². The fourth-order valence-corrected chi connectivity index (χ4v) is 5.02. The van der Waals surface area contributed by atoms with E-state index in [9.17, 15) is 9.59 Å². The van der Waals surface area contributed by atoms with E-state index < -0.39 is 0 Å². The second-order valence-electron chi connectivity index (χ2n) is 6.21. The minimum atomic E-state index is -0.337.